The summed E-state index contributed by atoms with van der Waals surface area (Å²) < 4.78 is 12.4. The van der Waals surface area contributed by atoms with Crippen molar-refractivity contribution >= 4 is 11.9 Å². The lowest BCUT2D eigenvalue weighted by atomic mass is 10.2. The molecule has 15 heavy (non-hydrogen) atoms. The van der Waals surface area contributed by atoms with E-state index in [2.05, 4.69) is 15.3 Å². The highest BCUT2D eigenvalue weighted by atomic mass is 19.1. The quantitative estimate of drug-likeness (QED) is 0.696. The monoisotopic (exact) mass is 213 g/mol. The molecule has 1 heterocycles. The fourth-order valence-electron chi connectivity index (χ4n) is 1.00. The van der Waals surface area contributed by atoms with Crippen LogP contribution in [-0.4, -0.2) is 27.6 Å². The lowest BCUT2D eigenvalue weighted by Gasteiger charge is -2.02. The summed E-state index contributed by atoms with van der Waals surface area (Å²) >= 11 is 0. The molecule has 1 aromatic heterocycles. The molecule has 6 heteroatoms. The largest absolute Gasteiger partial charge is 0.481 e. The lowest BCUT2D eigenvalue weighted by Crippen LogP contribution is -2.06. The van der Waals surface area contributed by atoms with Gasteiger partial charge in [-0.2, -0.15) is 0 Å². The van der Waals surface area contributed by atoms with Gasteiger partial charge in [-0.15, -0.1) is 0 Å². The van der Waals surface area contributed by atoms with Crippen LogP contribution in [0.1, 0.15) is 19.3 Å². The van der Waals surface area contributed by atoms with Crippen LogP contribution >= 0.6 is 0 Å². The van der Waals surface area contributed by atoms with E-state index in [1.165, 1.54) is 0 Å². The van der Waals surface area contributed by atoms with E-state index in [1.807, 2.05) is 0 Å². The normalized spacial score (nSPS) is 9.93. The summed E-state index contributed by atoms with van der Waals surface area (Å²) in [5, 5.41) is 11.2. The highest BCUT2D eigenvalue weighted by molar-refractivity contribution is 5.66. The van der Waals surface area contributed by atoms with Crippen LogP contribution in [0.5, 0.6) is 0 Å². The van der Waals surface area contributed by atoms with Gasteiger partial charge in [-0.25, -0.2) is 14.4 Å². The van der Waals surface area contributed by atoms with Crippen LogP contribution in [0, 0.1) is 5.82 Å². The molecule has 0 aliphatic heterocycles. The molecular formula is C9H12FN3O2. The molecule has 0 fully saturated rings. The number of carboxylic acids is 1. The molecule has 0 unspecified atom stereocenters. The topological polar surface area (TPSA) is 75.1 Å². The second kappa shape index (κ2) is 5.90. The molecule has 0 amide bonds. The molecule has 0 atom stereocenters. The smallest absolute Gasteiger partial charge is 0.303 e. The SMILES string of the molecule is O=C(O)CCCCNc1ncc(F)cn1. The number of rotatable bonds is 6. The van der Waals surface area contributed by atoms with Crippen molar-refractivity contribution in [2.75, 3.05) is 11.9 Å². The zero-order chi connectivity index (χ0) is 11.1. The molecule has 0 saturated heterocycles. The van der Waals surface area contributed by atoms with Crippen molar-refractivity contribution in [2.24, 2.45) is 0 Å². The van der Waals surface area contributed by atoms with Crippen LogP contribution < -0.4 is 5.32 Å². The predicted octanol–water partition coefficient (Wildman–Crippen LogP) is 1.28. The van der Waals surface area contributed by atoms with Gasteiger partial charge in [0.25, 0.3) is 0 Å². The van der Waals surface area contributed by atoms with E-state index in [1.54, 1.807) is 0 Å². The van der Waals surface area contributed by atoms with E-state index in [4.69, 9.17) is 5.11 Å². The van der Waals surface area contributed by atoms with Crippen molar-refractivity contribution in [2.45, 2.75) is 19.3 Å². The molecule has 0 spiro atoms. The van der Waals surface area contributed by atoms with E-state index in [0.717, 1.165) is 12.4 Å². The minimum absolute atomic E-state index is 0.159. The van der Waals surface area contributed by atoms with Crippen LogP contribution in [0.25, 0.3) is 0 Å². The molecule has 1 aromatic rings. The molecule has 0 aliphatic carbocycles. The maximum Gasteiger partial charge on any atom is 0.303 e. The fraction of sp³-hybridized carbons (Fsp3) is 0.444. The van der Waals surface area contributed by atoms with E-state index >= 15 is 0 Å². The molecular weight excluding hydrogens is 201 g/mol. The maximum absolute atomic E-state index is 12.4. The lowest BCUT2D eigenvalue weighted by molar-refractivity contribution is -0.137. The van der Waals surface area contributed by atoms with E-state index in [-0.39, 0.29) is 6.42 Å². The number of aliphatic carboxylic acids is 1. The zero-order valence-corrected chi connectivity index (χ0v) is 8.11. The molecule has 0 saturated carbocycles. The van der Waals surface area contributed by atoms with Gasteiger partial charge in [0.2, 0.25) is 5.95 Å². The summed E-state index contributed by atoms with van der Waals surface area (Å²) in [5.41, 5.74) is 0. The average molecular weight is 213 g/mol. The summed E-state index contributed by atoms with van der Waals surface area (Å²) in [4.78, 5) is 17.6. The second-order valence-corrected chi connectivity index (χ2v) is 3.00. The molecule has 2 N–H and O–H groups in total. The molecule has 0 aromatic carbocycles. The van der Waals surface area contributed by atoms with E-state index in [0.29, 0.717) is 25.3 Å². The number of anilines is 1. The standard InChI is InChI=1S/C9H12FN3O2/c10-7-5-12-9(13-6-7)11-4-2-1-3-8(14)15/h5-6H,1-4H2,(H,14,15)(H,11,12,13). The maximum atomic E-state index is 12.4. The molecule has 0 radical (unpaired) electrons. The van der Waals surface area contributed by atoms with Gasteiger partial charge < -0.3 is 10.4 Å². The fourth-order valence-corrected chi connectivity index (χ4v) is 1.00. The van der Waals surface area contributed by atoms with Crippen molar-refractivity contribution in [1.29, 1.82) is 0 Å². The Morgan fingerprint density at radius 2 is 2.07 bits per heavy atom. The van der Waals surface area contributed by atoms with Crippen LogP contribution in [-0.2, 0) is 4.79 Å². The van der Waals surface area contributed by atoms with Gasteiger partial charge in [0.15, 0.2) is 5.82 Å². The Balaban J connectivity index is 2.15. The molecule has 0 aliphatic rings. The first-order chi connectivity index (χ1) is 7.18. The number of nitrogens with one attached hydrogen (secondary N) is 1. The first-order valence-electron chi connectivity index (χ1n) is 4.61. The summed E-state index contributed by atoms with van der Waals surface area (Å²) in [6, 6.07) is 0. The first-order valence-corrected chi connectivity index (χ1v) is 4.61. The number of carbonyl (C=O) groups is 1. The van der Waals surface area contributed by atoms with Gasteiger partial charge in [-0.3, -0.25) is 4.79 Å². The predicted molar refractivity (Wildman–Crippen MR) is 52.0 cm³/mol. The minimum Gasteiger partial charge on any atom is -0.481 e. The number of hydrogen-bond acceptors (Lipinski definition) is 4. The number of unbranched alkanes of at least 4 members (excludes halogenated alkanes) is 1. The Bertz CT molecular complexity index is 316. The van der Waals surface area contributed by atoms with Crippen LogP contribution in [0.4, 0.5) is 10.3 Å². The van der Waals surface area contributed by atoms with Crippen LogP contribution in [0.3, 0.4) is 0 Å². The number of halogens is 1. The first kappa shape index (κ1) is 11.4. The zero-order valence-electron chi connectivity index (χ0n) is 8.11. The Labute approximate surface area is 86.4 Å². The summed E-state index contributed by atoms with van der Waals surface area (Å²) in [6.45, 7) is 0.582. The molecule has 5 nitrogen and oxygen atoms in total. The van der Waals surface area contributed by atoms with Gasteiger partial charge in [0.1, 0.15) is 0 Å². The Morgan fingerprint density at radius 1 is 1.40 bits per heavy atom. The third kappa shape index (κ3) is 4.90. The number of aromatic nitrogens is 2. The van der Waals surface area contributed by atoms with Gasteiger partial charge in [0.05, 0.1) is 12.4 Å². The molecule has 1 rings (SSSR count). The Hall–Kier alpha value is -1.72. The third-order valence-corrected chi connectivity index (χ3v) is 1.72. The van der Waals surface area contributed by atoms with Crippen molar-refractivity contribution in [3.05, 3.63) is 18.2 Å². The van der Waals surface area contributed by atoms with Crippen molar-refractivity contribution in [3.8, 4) is 0 Å². The van der Waals surface area contributed by atoms with Gasteiger partial charge >= 0.3 is 5.97 Å². The van der Waals surface area contributed by atoms with Crippen molar-refractivity contribution in [3.63, 3.8) is 0 Å². The van der Waals surface area contributed by atoms with Gasteiger partial charge in [-0.05, 0) is 12.8 Å². The average Bonchev–Trinajstić information content (AvgIpc) is 2.20. The third-order valence-electron chi connectivity index (χ3n) is 1.72. The van der Waals surface area contributed by atoms with Gasteiger partial charge in [0, 0.05) is 13.0 Å². The second-order valence-electron chi connectivity index (χ2n) is 3.00. The molecule has 0 bridgehead atoms. The van der Waals surface area contributed by atoms with Crippen LogP contribution in [0.15, 0.2) is 12.4 Å². The van der Waals surface area contributed by atoms with Gasteiger partial charge in [-0.1, -0.05) is 0 Å². The van der Waals surface area contributed by atoms with E-state index < -0.39 is 11.8 Å². The Morgan fingerprint density at radius 3 is 2.67 bits per heavy atom. The van der Waals surface area contributed by atoms with Crippen LogP contribution in [0.2, 0.25) is 0 Å². The number of hydrogen-bond donors (Lipinski definition) is 2. The minimum atomic E-state index is -0.798. The number of carboxylic acid groups (broad SMARTS) is 1. The summed E-state index contributed by atoms with van der Waals surface area (Å²) in [6.07, 6.45) is 3.63. The Kier molecular flexibility index (Phi) is 4.46. The van der Waals surface area contributed by atoms with Crippen molar-refractivity contribution < 1.29 is 14.3 Å². The summed E-state index contributed by atoms with van der Waals surface area (Å²) in [5.74, 6) is -0.925. The van der Waals surface area contributed by atoms with E-state index in [9.17, 15) is 9.18 Å². The number of nitrogens with zero attached hydrogens (tertiary/aromatic N) is 2. The molecule has 82 valence electrons. The summed E-state index contributed by atoms with van der Waals surface area (Å²) in [7, 11) is 0. The highest BCUT2D eigenvalue weighted by Gasteiger charge is 1.98. The van der Waals surface area contributed by atoms with Crippen molar-refractivity contribution in [1.82, 2.24) is 9.97 Å². The highest BCUT2D eigenvalue weighted by Crippen LogP contribution is 2.00.